The highest BCUT2D eigenvalue weighted by Gasteiger charge is 2.12. The number of benzene rings is 1. The standard InChI is InChI=1S/C13H11ClN2O3S/c1-7-8(3-2-4-9(7)14)12(17)15-5-11-16-10(6-20-11)13(18)19/h2-4,6H,5H2,1H3,(H,15,17)(H,18,19). The van der Waals surface area contributed by atoms with Gasteiger partial charge in [-0.05, 0) is 24.6 Å². The molecule has 104 valence electrons. The first-order chi connectivity index (χ1) is 9.49. The van der Waals surface area contributed by atoms with Crippen molar-refractivity contribution in [1.29, 1.82) is 0 Å². The maximum Gasteiger partial charge on any atom is 0.355 e. The van der Waals surface area contributed by atoms with Crippen molar-refractivity contribution in [1.82, 2.24) is 10.3 Å². The minimum absolute atomic E-state index is 0.0156. The van der Waals surface area contributed by atoms with Gasteiger partial charge in [-0.1, -0.05) is 17.7 Å². The van der Waals surface area contributed by atoms with Crippen molar-refractivity contribution >= 4 is 34.8 Å². The predicted molar refractivity (Wildman–Crippen MR) is 76.4 cm³/mol. The van der Waals surface area contributed by atoms with Gasteiger partial charge in [-0.3, -0.25) is 4.79 Å². The Morgan fingerprint density at radius 2 is 2.20 bits per heavy atom. The second kappa shape index (κ2) is 6.02. The van der Waals surface area contributed by atoms with E-state index in [4.69, 9.17) is 16.7 Å². The van der Waals surface area contributed by atoms with Crippen molar-refractivity contribution in [2.75, 3.05) is 0 Å². The number of hydrogen-bond donors (Lipinski definition) is 2. The summed E-state index contributed by atoms with van der Waals surface area (Å²) < 4.78 is 0. The van der Waals surface area contributed by atoms with Crippen LogP contribution in [0.1, 0.15) is 31.4 Å². The van der Waals surface area contributed by atoms with Crippen molar-refractivity contribution in [3.05, 3.63) is 50.4 Å². The lowest BCUT2D eigenvalue weighted by Gasteiger charge is -2.07. The smallest absolute Gasteiger partial charge is 0.355 e. The van der Waals surface area contributed by atoms with Crippen molar-refractivity contribution in [2.24, 2.45) is 0 Å². The number of halogens is 1. The van der Waals surface area contributed by atoms with Crippen molar-refractivity contribution in [3.8, 4) is 0 Å². The number of carbonyl (C=O) groups is 2. The van der Waals surface area contributed by atoms with E-state index in [0.29, 0.717) is 21.2 Å². The Morgan fingerprint density at radius 1 is 1.45 bits per heavy atom. The van der Waals surface area contributed by atoms with Gasteiger partial charge in [0.25, 0.3) is 5.91 Å². The quantitative estimate of drug-likeness (QED) is 0.910. The molecule has 0 aliphatic carbocycles. The monoisotopic (exact) mass is 310 g/mol. The molecule has 2 N–H and O–H groups in total. The van der Waals surface area contributed by atoms with Gasteiger partial charge in [-0.15, -0.1) is 11.3 Å². The normalized spacial score (nSPS) is 10.3. The highest BCUT2D eigenvalue weighted by atomic mass is 35.5. The fraction of sp³-hybridized carbons (Fsp3) is 0.154. The number of hydrogen-bond acceptors (Lipinski definition) is 4. The van der Waals surface area contributed by atoms with Crippen LogP contribution in [0, 0.1) is 6.92 Å². The molecular formula is C13H11ClN2O3S. The van der Waals surface area contributed by atoms with Crippen LogP contribution in [0.25, 0.3) is 0 Å². The minimum Gasteiger partial charge on any atom is -0.476 e. The Morgan fingerprint density at radius 3 is 2.85 bits per heavy atom. The van der Waals surface area contributed by atoms with Gasteiger partial charge in [0, 0.05) is 16.0 Å². The van der Waals surface area contributed by atoms with Crippen LogP contribution in [0.4, 0.5) is 0 Å². The number of carboxylic acids is 1. The molecule has 2 rings (SSSR count). The number of carboxylic acid groups (broad SMARTS) is 1. The van der Waals surface area contributed by atoms with Crippen LogP contribution in [-0.2, 0) is 6.54 Å². The van der Waals surface area contributed by atoms with Crippen LogP contribution in [0.3, 0.4) is 0 Å². The second-order valence-corrected chi connectivity index (χ2v) is 5.38. The number of aromatic carboxylic acids is 1. The van der Waals surface area contributed by atoms with Gasteiger partial charge in [-0.25, -0.2) is 9.78 Å². The molecule has 0 aliphatic heterocycles. The lowest BCUT2D eigenvalue weighted by molar-refractivity contribution is 0.0691. The van der Waals surface area contributed by atoms with Crippen LogP contribution in [0.15, 0.2) is 23.6 Å². The largest absolute Gasteiger partial charge is 0.476 e. The predicted octanol–water partition coefficient (Wildman–Crippen LogP) is 2.73. The molecule has 0 saturated heterocycles. The molecule has 7 heteroatoms. The van der Waals surface area contributed by atoms with Crippen molar-refractivity contribution < 1.29 is 14.7 Å². The van der Waals surface area contributed by atoms with Crippen LogP contribution in [0.2, 0.25) is 5.02 Å². The third-order valence-electron chi connectivity index (χ3n) is 2.68. The van der Waals surface area contributed by atoms with Crippen LogP contribution in [-0.4, -0.2) is 22.0 Å². The van der Waals surface area contributed by atoms with Gasteiger partial charge in [0.05, 0.1) is 6.54 Å². The third kappa shape index (κ3) is 3.15. The Labute approximate surface area is 124 Å². The summed E-state index contributed by atoms with van der Waals surface area (Å²) in [5.41, 5.74) is 1.18. The Hall–Kier alpha value is -1.92. The topological polar surface area (TPSA) is 79.3 Å². The molecule has 0 saturated carbocycles. The molecule has 0 aliphatic rings. The SMILES string of the molecule is Cc1c(Cl)cccc1C(=O)NCc1nc(C(=O)O)cs1. The van der Waals surface area contributed by atoms with E-state index in [1.165, 1.54) is 16.7 Å². The van der Waals surface area contributed by atoms with Gasteiger partial charge in [0.1, 0.15) is 5.01 Å². The number of aromatic nitrogens is 1. The molecule has 1 heterocycles. The average Bonchev–Trinajstić information content (AvgIpc) is 2.88. The fourth-order valence-electron chi connectivity index (χ4n) is 1.59. The third-order valence-corrected chi connectivity index (χ3v) is 3.94. The van der Waals surface area contributed by atoms with Gasteiger partial charge < -0.3 is 10.4 Å². The van der Waals surface area contributed by atoms with Crippen LogP contribution in [0.5, 0.6) is 0 Å². The fourth-order valence-corrected chi connectivity index (χ4v) is 2.48. The summed E-state index contributed by atoms with van der Waals surface area (Å²) in [6, 6.07) is 5.10. The summed E-state index contributed by atoms with van der Waals surface area (Å²) in [6.45, 7) is 1.95. The van der Waals surface area contributed by atoms with E-state index in [2.05, 4.69) is 10.3 Å². The first-order valence-corrected chi connectivity index (χ1v) is 6.96. The molecule has 0 fully saturated rings. The van der Waals surface area contributed by atoms with E-state index in [-0.39, 0.29) is 18.1 Å². The molecule has 0 radical (unpaired) electrons. The number of carbonyl (C=O) groups excluding carboxylic acids is 1. The number of nitrogens with zero attached hydrogens (tertiary/aromatic N) is 1. The van der Waals surface area contributed by atoms with Crippen LogP contribution >= 0.6 is 22.9 Å². The highest BCUT2D eigenvalue weighted by Crippen LogP contribution is 2.18. The lowest BCUT2D eigenvalue weighted by atomic mass is 10.1. The second-order valence-electron chi connectivity index (χ2n) is 4.03. The first-order valence-electron chi connectivity index (χ1n) is 5.70. The Bertz CT molecular complexity index is 669. The lowest BCUT2D eigenvalue weighted by Crippen LogP contribution is -2.23. The Balaban J connectivity index is 2.05. The Kier molecular flexibility index (Phi) is 4.36. The average molecular weight is 311 g/mol. The summed E-state index contributed by atoms with van der Waals surface area (Å²) in [5, 5.41) is 14.0. The molecule has 1 amide bonds. The molecule has 0 unspecified atom stereocenters. The maximum atomic E-state index is 12.0. The van der Waals surface area contributed by atoms with E-state index in [0.717, 1.165) is 0 Å². The van der Waals surface area contributed by atoms with E-state index in [1.807, 2.05) is 0 Å². The molecule has 2 aromatic rings. The maximum absolute atomic E-state index is 12.0. The zero-order valence-electron chi connectivity index (χ0n) is 10.5. The molecule has 0 spiro atoms. The van der Waals surface area contributed by atoms with Crippen LogP contribution < -0.4 is 5.32 Å². The summed E-state index contributed by atoms with van der Waals surface area (Å²) in [4.78, 5) is 26.6. The van der Waals surface area contributed by atoms with E-state index >= 15 is 0 Å². The number of rotatable bonds is 4. The first kappa shape index (κ1) is 14.5. The molecule has 5 nitrogen and oxygen atoms in total. The van der Waals surface area contributed by atoms with Crippen molar-refractivity contribution in [2.45, 2.75) is 13.5 Å². The zero-order valence-corrected chi connectivity index (χ0v) is 12.1. The number of nitrogens with one attached hydrogen (secondary N) is 1. The molecular weight excluding hydrogens is 300 g/mol. The molecule has 1 aromatic carbocycles. The zero-order chi connectivity index (χ0) is 14.7. The number of amides is 1. The molecule has 0 bridgehead atoms. The van der Waals surface area contributed by atoms with Gasteiger partial charge in [-0.2, -0.15) is 0 Å². The van der Waals surface area contributed by atoms with Gasteiger partial charge in [0.2, 0.25) is 0 Å². The van der Waals surface area contributed by atoms with E-state index < -0.39 is 5.97 Å². The van der Waals surface area contributed by atoms with E-state index in [9.17, 15) is 9.59 Å². The molecule has 0 atom stereocenters. The molecule has 20 heavy (non-hydrogen) atoms. The summed E-state index contributed by atoms with van der Waals surface area (Å²) in [5.74, 6) is -1.35. The summed E-state index contributed by atoms with van der Waals surface area (Å²) in [6.07, 6.45) is 0. The minimum atomic E-state index is -1.08. The number of thiazole rings is 1. The van der Waals surface area contributed by atoms with Crippen molar-refractivity contribution in [3.63, 3.8) is 0 Å². The summed E-state index contributed by atoms with van der Waals surface area (Å²) in [7, 11) is 0. The van der Waals surface area contributed by atoms with Gasteiger partial charge >= 0.3 is 5.97 Å². The molecule has 1 aromatic heterocycles. The summed E-state index contributed by atoms with van der Waals surface area (Å²) >= 11 is 7.15. The van der Waals surface area contributed by atoms with E-state index in [1.54, 1.807) is 25.1 Å². The highest BCUT2D eigenvalue weighted by molar-refractivity contribution is 7.09. The van der Waals surface area contributed by atoms with Gasteiger partial charge in [0.15, 0.2) is 5.69 Å².